The number of allylic oxidation sites excluding steroid dienone is 1. The number of ketones is 1. The number of benzene rings is 2. The van der Waals surface area contributed by atoms with E-state index in [9.17, 15) is 27.6 Å². The molecule has 35 heavy (non-hydrogen) atoms. The molecule has 0 saturated carbocycles. The van der Waals surface area contributed by atoms with Crippen LogP contribution in [-0.4, -0.2) is 41.3 Å². The lowest BCUT2D eigenvalue weighted by Crippen LogP contribution is -2.66. The number of rotatable bonds is 5. The summed E-state index contributed by atoms with van der Waals surface area (Å²) in [6.45, 7) is 3.37. The molecule has 0 radical (unpaired) electrons. The van der Waals surface area contributed by atoms with E-state index in [1.54, 1.807) is 44.2 Å². The lowest BCUT2D eigenvalue weighted by Gasteiger charge is -2.35. The highest BCUT2D eigenvalue weighted by Gasteiger charge is 2.71. The summed E-state index contributed by atoms with van der Waals surface area (Å²) in [5, 5.41) is 1.93. The van der Waals surface area contributed by atoms with E-state index in [-0.39, 0.29) is 36.4 Å². The number of carbonyl (C=O) groups is 3. The number of Topliss-reactive ketones (excluding diaryl/α,β-unsaturated/α-hetero) is 1. The molecule has 1 N–H and O–H groups in total. The van der Waals surface area contributed by atoms with Gasteiger partial charge in [-0.15, -0.1) is 0 Å². The number of methoxy groups -OCH3 is 1. The van der Waals surface area contributed by atoms with Gasteiger partial charge in [-0.3, -0.25) is 14.4 Å². The lowest BCUT2D eigenvalue weighted by atomic mass is 9.72. The van der Waals surface area contributed by atoms with Crippen LogP contribution in [0.2, 0.25) is 0 Å². The lowest BCUT2D eigenvalue weighted by molar-refractivity contribution is -0.190. The molecule has 0 aromatic heterocycles. The highest BCUT2D eigenvalue weighted by Crippen LogP contribution is 2.52. The Kier molecular flexibility index (Phi) is 5.99. The third kappa shape index (κ3) is 4.19. The quantitative estimate of drug-likeness (QED) is 0.679. The number of nitrogens with one attached hydrogen (secondary N) is 1. The van der Waals surface area contributed by atoms with E-state index in [2.05, 4.69) is 0 Å². The van der Waals surface area contributed by atoms with Crippen LogP contribution >= 0.6 is 0 Å². The Morgan fingerprint density at radius 2 is 1.74 bits per heavy atom. The van der Waals surface area contributed by atoms with Crippen molar-refractivity contribution >= 4 is 17.6 Å². The van der Waals surface area contributed by atoms with Crippen LogP contribution in [0, 0.1) is 5.41 Å². The number of amides is 2. The molecular formula is C26H25F3N2O4. The third-order valence-corrected chi connectivity index (χ3v) is 6.36. The first-order valence-electron chi connectivity index (χ1n) is 11.1. The van der Waals surface area contributed by atoms with Crippen LogP contribution in [0.5, 0.6) is 5.75 Å². The van der Waals surface area contributed by atoms with Crippen LogP contribution in [0.1, 0.15) is 42.6 Å². The predicted molar refractivity (Wildman–Crippen MR) is 121 cm³/mol. The van der Waals surface area contributed by atoms with E-state index >= 15 is 0 Å². The molecule has 0 bridgehead atoms. The Balaban J connectivity index is 1.86. The summed E-state index contributed by atoms with van der Waals surface area (Å²) in [5.74, 6) is -3.07. The second-order valence-corrected chi connectivity index (χ2v) is 9.57. The summed E-state index contributed by atoms with van der Waals surface area (Å²) in [6, 6.07) is 14.1. The Bertz CT molecular complexity index is 1220. The molecule has 0 spiro atoms. The number of ether oxygens (including phenoxy) is 1. The zero-order valence-corrected chi connectivity index (χ0v) is 19.5. The van der Waals surface area contributed by atoms with Gasteiger partial charge in [-0.25, -0.2) is 0 Å². The highest BCUT2D eigenvalue weighted by atomic mass is 19.4. The van der Waals surface area contributed by atoms with Crippen LogP contribution in [0.3, 0.4) is 0 Å². The zero-order chi connectivity index (χ0) is 25.6. The molecule has 2 aromatic rings. The maximum absolute atomic E-state index is 14.9. The molecule has 1 atom stereocenters. The van der Waals surface area contributed by atoms with Crippen LogP contribution in [-0.2, 0) is 16.1 Å². The molecular weight excluding hydrogens is 461 g/mol. The summed E-state index contributed by atoms with van der Waals surface area (Å²) in [5.41, 5.74) is -4.35. The molecule has 9 heteroatoms. The average molecular weight is 486 g/mol. The monoisotopic (exact) mass is 486 g/mol. The molecule has 2 amide bonds. The number of carbonyl (C=O) groups excluding carboxylic acids is 3. The fraction of sp³-hybridized carbons (Fsp3) is 0.346. The summed E-state index contributed by atoms with van der Waals surface area (Å²) >= 11 is 0. The second kappa shape index (κ2) is 8.55. The Morgan fingerprint density at radius 3 is 2.37 bits per heavy atom. The normalized spacial score (nSPS) is 21.7. The first kappa shape index (κ1) is 24.5. The molecule has 2 aromatic carbocycles. The van der Waals surface area contributed by atoms with Crippen molar-refractivity contribution in [3.63, 3.8) is 0 Å². The van der Waals surface area contributed by atoms with Gasteiger partial charge < -0.3 is 15.0 Å². The molecule has 1 aliphatic carbocycles. The number of halogens is 3. The van der Waals surface area contributed by atoms with Gasteiger partial charge in [0.1, 0.15) is 5.75 Å². The average Bonchev–Trinajstić information content (AvgIpc) is 3.02. The van der Waals surface area contributed by atoms with Crippen molar-refractivity contribution < 1.29 is 32.3 Å². The van der Waals surface area contributed by atoms with E-state index in [4.69, 9.17) is 4.74 Å². The van der Waals surface area contributed by atoms with Gasteiger partial charge in [0.15, 0.2) is 5.78 Å². The van der Waals surface area contributed by atoms with E-state index in [0.717, 1.165) is 4.90 Å². The smallest absolute Gasteiger partial charge is 0.425 e. The summed E-state index contributed by atoms with van der Waals surface area (Å²) in [6.07, 6.45) is -5.35. The standard InChI is InChI=1S/C26H25F3N2O4/c1-24(2)13-19-21(20(32)14-24)25(26(27,28)29,23(34)31(19)15-16-8-5-4-6-9-16)30-22(33)17-10-7-11-18(12-17)35-3/h4-12H,13-15H2,1-3H3,(H,30,33). The van der Waals surface area contributed by atoms with E-state index in [1.807, 2.05) is 5.32 Å². The van der Waals surface area contributed by atoms with Crippen molar-refractivity contribution in [2.24, 2.45) is 5.41 Å². The SMILES string of the molecule is COc1cccc(C(=O)NC2(C(F)(F)F)C(=O)N(Cc3ccccc3)C3=C2C(=O)CC(C)(C)C3)c1. The van der Waals surface area contributed by atoms with Crippen LogP contribution < -0.4 is 10.1 Å². The van der Waals surface area contributed by atoms with Gasteiger partial charge in [0, 0.05) is 17.7 Å². The molecule has 6 nitrogen and oxygen atoms in total. The third-order valence-electron chi connectivity index (χ3n) is 6.36. The van der Waals surface area contributed by atoms with Gasteiger partial charge in [-0.1, -0.05) is 50.2 Å². The van der Waals surface area contributed by atoms with Crippen molar-refractivity contribution in [3.8, 4) is 5.75 Å². The fourth-order valence-corrected chi connectivity index (χ4v) is 4.77. The van der Waals surface area contributed by atoms with Gasteiger partial charge in [0.05, 0.1) is 19.2 Å². The van der Waals surface area contributed by atoms with Crippen molar-refractivity contribution in [3.05, 3.63) is 77.0 Å². The maximum atomic E-state index is 14.9. The van der Waals surface area contributed by atoms with E-state index in [1.165, 1.54) is 31.4 Å². The van der Waals surface area contributed by atoms with Crippen molar-refractivity contribution in [2.75, 3.05) is 7.11 Å². The molecule has 1 heterocycles. The summed E-state index contributed by atoms with van der Waals surface area (Å²) in [4.78, 5) is 40.9. The minimum Gasteiger partial charge on any atom is -0.497 e. The number of hydrogen-bond donors (Lipinski definition) is 1. The highest BCUT2D eigenvalue weighted by molar-refractivity contribution is 6.14. The molecule has 2 aliphatic rings. The Morgan fingerprint density at radius 1 is 1.06 bits per heavy atom. The molecule has 184 valence electrons. The van der Waals surface area contributed by atoms with Crippen molar-refractivity contribution in [1.29, 1.82) is 0 Å². The largest absolute Gasteiger partial charge is 0.497 e. The first-order valence-corrected chi connectivity index (χ1v) is 11.1. The zero-order valence-electron chi connectivity index (χ0n) is 19.5. The minimum absolute atomic E-state index is 0.00312. The van der Waals surface area contributed by atoms with Crippen LogP contribution in [0.25, 0.3) is 0 Å². The van der Waals surface area contributed by atoms with Crippen molar-refractivity contribution in [2.45, 2.75) is 44.9 Å². The van der Waals surface area contributed by atoms with Gasteiger partial charge in [0.2, 0.25) is 5.54 Å². The molecule has 4 rings (SSSR count). The minimum atomic E-state index is -5.26. The molecule has 0 saturated heterocycles. The van der Waals surface area contributed by atoms with Gasteiger partial charge in [-0.2, -0.15) is 13.2 Å². The Hall–Kier alpha value is -3.62. The predicted octanol–water partition coefficient (Wildman–Crippen LogP) is 4.41. The topological polar surface area (TPSA) is 75.7 Å². The van der Waals surface area contributed by atoms with Gasteiger partial charge in [0.25, 0.3) is 11.8 Å². The van der Waals surface area contributed by atoms with Gasteiger partial charge in [-0.05, 0) is 35.6 Å². The molecule has 1 unspecified atom stereocenters. The summed E-state index contributed by atoms with van der Waals surface area (Å²) in [7, 11) is 1.36. The molecule has 0 fully saturated rings. The summed E-state index contributed by atoms with van der Waals surface area (Å²) < 4.78 is 49.6. The maximum Gasteiger partial charge on any atom is 0.425 e. The van der Waals surface area contributed by atoms with E-state index in [0.29, 0.717) is 5.56 Å². The van der Waals surface area contributed by atoms with Crippen LogP contribution in [0.15, 0.2) is 65.9 Å². The number of alkyl halides is 3. The Labute approximate surface area is 200 Å². The van der Waals surface area contributed by atoms with E-state index < -0.39 is 40.3 Å². The number of nitrogens with zero attached hydrogens (tertiary/aromatic N) is 1. The first-order chi connectivity index (χ1) is 16.4. The van der Waals surface area contributed by atoms with Crippen molar-refractivity contribution in [1.82, 2.24) is 10.2 Å². The van der Waals surface area contributed by atoms with Crippen LogP contribution in [0.4, 0.5) is 13.2 Å². The fourth-order valence-electron chi connectivity index (χ4n) is 4.77. The van der Waals surface area contributed by atoms with Gasteiger partial charge >= 0.3 is 6.18 Å². The molecule has 1 aliphatic heterocycles. The second-order valence-electron chi connectivity index (χ2n) is 9.57. The number of hydrogen-bond acceptors (Lipinski definition) is 4.